The fourth-order valence-corrected chi connectivity index (χ4v) is 2.48. The molecule has 4 nitrogen and oxygen atoms in total. The van der Waals surface area contributed by atoms with E-state index in [0.717, 1.165) is 24.5 Å². The minimum absolute atomic E-state index is 0.338. The third-order valence-electron chi connectivity index (χ3n) is 2.98. The molecule has 1 unspecified atom stereocenters. The Morgan fingerprint density at radius 3 is 2.94 bits per heavy atom. The van der Waals surface area contributed by atoms with Crippen molar-refractivity contribution in [1.29, 1.82) is 0 Å². The number of aromatic nitrogens is 3. The molecule has 0 saturated carbocycles. The average molecular weight is 264 g/mol. The van der Waals surface area contributed by atoms with Crippen LogP contribution in [0.3, 0.4) is 0 Å². The second-order valence-electron chi connectivity index (χ2n) is 4.41. The van der Waals surface area contributed by atoms with Gasteiger partial charge in [-0.2, -0.15) is 5.10 Å². The summed E-state index contributed by atoms with van der Waals surface area (Å²) in [5.74, 6) is 0. The van der Waals surface area contributed by atoms with E-state index in [4.69, 9.17) is 0 Å². The summed E-state index contributed by atoms with van der Waals surface area (Å²) >= 11 is 1.71. The van der Waals surface area contributed by atoms with Gasteiger partial charge in [-0.05, 0) is 20.8 Å². The van der Waals surface area contributed by atoms with Gasteiger partial charge in [0.05, 0.1) is 16.9 Å². The van der Waals surface area contributed by atoms with Gasteiger partial charge in [-0.25, -0.2) is 4.98 Å². The van der Waals surface area contributed by atoms with Crippen LogP contribution in [-0.2, 0) is 13.0 Å². The zero-order valence-corrected chi connectivity index (χ0v) is 12.0. The standard InChI is InChI=1S/C13H20N4S/c1-4-17-8-12(7-15-17)10(2)14-6-5-13-9-18-11(3)16-13/h7-10,14H,4-6H2,1-3H3. The molecule has 98 valence electrons. The number of hydrogen-bond donors (Lipinski definition) is 1. The Kier molecular flexibility index (Phi) is 4.49. The molecule has 0 spiro atoms. The molecule has 2 aromatic rings. The molecule has 0 fully saturated rings. The number of rotatable bonds is 6. The number of hydrogen-bond acceptors (Lipinski definition) is 4. The molecule has 18 heavy (non-hydrogen) atoms. The van der Waals surface area contributed by atoms with Crippen molar-refractivity contribution >= 4 is 11.3 Å². The maximum atomic E-state index is 4.46. The van der Waals surface area contributed by atoms with Gasteiger partial charge in [0.1, 0.15) is 0 Å². The molecule has 0 amide bonds. The van der Waals surface area contributed by atoms with Crippen molar-refractivity contribution < 1.29 is 0 Å². The molecule has 2 aromatic heterocycles. The van der Waals surface area contributed by atoms with Crippen molar-refractivity contribution in [3.8, 4) is 0 Å². The van der Waals surface area contributed by atoms with E-state index in [9.17, 15) is 0 Å². The van der Waals surface area contributed by atoms with Crippen LogP contribution in [0.5, 0.6) is 0 Å². The highest BCUT2D eigenvalue weighted by molar-refractivity contribution is 7.09. The Labute approximate surface area is 112 Å². The van der Waals surface area contributed by atoms with Crippen LogP contribution < -0.4 is 5.32 Å². The highest BCUT2D eigenvalue weighted by Gasteiger charge is 2.07. The van der Waals surface area contributed by atoms with E-state index in [-0.39, 0.29) is 0 Å². The molecular formula is C13H20N4S. The van der Waals surface area contributed by atoms with Crippen molar-refractivity contribution in [3.63, 3.8) is 0 Å². The summed E-state index contributed by atoms with van der Waals surface area (Å²) in [6.45, 7) is 8.18. The topological polar surface area (TPSA) is 42.7 Å². The van der Waals surface area contributed by atoms with E-state index >= 15 is 0 Å². The molecule has 1 atom stereocenters. The van der Waals surface area contributed by atoms with Gasteiger partial charge in [-0.15, -0.1) is 11.3 Å². The SMILES string of the molecule is CCn1cc(C(C)NCCc2csc(C)n2)cn1. The van der Waals surface area contributed by atoms with Crippen molar-refractivity contribution in [3.05, 3.63) is 34.0 Å². The van der Waals surface area contributed by atoms with E-state index < -0.39 is 0 Å². The highest BCUT2D eigenvalue weighted by Crippen LogP contribution is 2.12. The zero-order valence-electron chi connectivity index (χ0n) is 11.2. The largest absolute Gasteiger partial charge is 0.310 e. The van der Waals surface area contributed by atoms with Crippen LogP contribution in [0.4, 0.5) is 0 Å². The lowest BCUT2D eigenvalue weighted by atomic mass is 10.2. The lowest BCUT2D eigenvalue weighted by molar-refractivity contribution is 0.572. The summed E-state index contributed by atoms with van der Waals surface area (Å²) in [6, 6.07) is 0.338. The maximum absolute atomic E-state index is 4.46. The minimum Gasteiger partial charge on any atom is -0.310 e. The second-order valence-corrected chi connectivity index (χ2v) is 5.48. The molecule has 0 radical (unpaired) electrons. The summed E-state index contributed by atoms with van der Waals surface area (Å²) in [5, 5.41) is 11.1. The van der Waals surface area contributed by atoms with Crippen molar-refractivity contribution in [2.75, 3.05) is 6.54 Å². The molecule has 0 aliphatic rings. The molecule has 0 aliphatic carbocycles. The van der Waals surface area contributed by atoms with Crippen LogP contribution in [0.2, 0.25) is 0 Å². The van der Waals surface area contributed by atoms with Crippen LogP contribution in [0, 0.1) is 6.92 Å². The molecule has 5 heteroatoms. The highest BCUT2D eigenvalue weighted by atomic mass is 32.1. The predicted octanol–water partition coefficient (Wildman–Crippen LogP) is 2.56. The first-order valence-electron chi connectivity index (χ1n) is 6.35. The summed E-state index contributed by atoms with van der Waals surface area (Å²) in [7, 11) is 0. The molecule has 1 N–H and O–H groups in total. The fraction of sp³-hybridized carbons (Fsp3) is 0.538. The van der Waals surface area contributed by atoms with Gasteiger partial charge in [-0.1, -0.05) is 0 Å². The van der Waals surface area contributed by atoms with Crippen LogP contribution in [0.15, 0.2) is 17.8 Å². The van der Waals surface area contributed by atoms with Gasteiger partial charge >= 0.3 is 0 Å². The average Bonchev–Trinajstić information content (AvgIpc) is 2.98. The Balaban J connectivity index is 1.79. The molecule has 2 rings (SSSR count). The fourth-order valence-electron chi connectivity index (χ4n) is 1.83. The van der Waals surface area contributed by atoms with Crippen molar-refractivity contribution in [2.24, 2.45) is 0 Å². The van der Waals surface area contributed by atoms with Gasteiger partial charge in [0.25, 0.3) is 0 Å². The summed E-state index contributed by atoms with van der Waals surface area (Å²) in [6.07, 6.45) is 5.02. The third-order valence-corrected chi connectivity index (χ3v) is 3.80. The van der Waals surface area contributed by atoms with E-state index in [2.05, 4.69) is 40.8 Å². The first kappa shape index (κ1) is 13.2. The summed E-state index contributed by atoms with van der Waals surface area (Å²) < 4.78 is 1.96. The summed E-state index contributed by atoms with van der Waals surface area (Å²) in [4.78, 5) is 4.46. The molecule has 0 aliphatic heterocycles. The zero-order chi connectivity index (χ0) is 13.0. The maximum Gasteiger partial charge on any atom is 0.0897 e. The Hall–Kier alpha value is -1.20. The van der Waals surface area contributed by atoms with Gasteiger partial charge in [0.15, 0.2) is 0 Å². The Morgan fingerprint density at radius 2 is 2.33 bits per heavy atom. The van der Waals surface area contributed by atoms with Crippen molar-refractivity contribution in [2.45, 2.75) is 39.8 Å². The smallest absolute Gasteiger partial charge is 0.0897 e. The quantitative estimate of drug-likeness (QED) is 0.872. The van der Waals surface area contributed by atoms with Crippen LogP contribution >= 0.6 is 11.3 Å². The monoisotopic (exact) mass is 264 g/mol. The number of thiazole rings is 1. The van der Waals surface area contributed by atoms with Gasteiger partial charge in [0, 0.05) is 42.7 Å². The normalized spacial score (nSPS) is 12.8. The number of aryl methyl sites for hydroxylation is 2. The lowest BCUT2D eigenvalue weighted by Crippen LogP contribution is -2.21. The van der Waals surface area contributed by atoms with Gasteiger partial charge in [-0.3, -0.25) is 4.68 Å². The molecule has 0 saturated heterocycles. The van der Waals surface area contributed by atoms with Crippen LogP contribution in [-0.4, -0.2) is 21.3 Å². The van der Waals surface area contributed by atoms with E-state index in [1.807, 2.05) is 17.8 Å². The number of nitrogens with one attached hydrogen (secondary N) is 1. The van der Waals surface area contributed by atoms with Gasteiger partial charge < -0.3 is 5.32 Å². The Bertz CT molecular complexity index is 489. The Morgan fingerprint density at radius 1 is 1.50 bits per heavy atom. The van der Waals surface area contributed by atoms with E-state index in [0.29, 0.717) is 6.04 Å². The van der Waals surface area contributed by atoms with E-state index in [1.165, 1.54) is 11.3 Å². The predicted molar refractivity (Wildman–Crippen MR) is 74.9 cm³/mol. The first-order chi connectivity index (χ1) is 8.69. The molecule has 0 bridgehead atoms. The van der Waals surface area contributed by atoms with Crippen LogP contribution in [0.25, 0.3) is 0 Å². The molecule has 2 heterocycles. The lowest BCUT2D eigenvalue weighted by Gasteiger charge is -2.10. The van der Waals surface area contributed by atoms with Crippen molar-refractivity contribution in [1.82, 2.24) is 20.1 Å². The second kappa shape index (κ2) is 6.11. The van der Waals surface area contributed by atoms with E-state index in [1.54, 1.807) is 11.3 Å². The van der Waals surface area contributed by atoms with Crippen LogP contribution in [0.1, 0.15) is 36.2 Å². The summed E-state index contributed by atoms with van der Waals surface area (Å²) in [5.41, 5.74) is 2.42. The number of nitrogens with zero attached hydrogens (tertiary/aromatic N) is 3. The molecule has 0 aromatic carbocycles. The van der Waals surface area contributed by atoms with Gasteiger partial charge in [0.2, 0.25) is 0 Å². The minimum atomic E-state index is 0.338. The third kappa shape index (κ3) is 3.40. The molecular weight excluding hydrogens is 244 g/mol. The first-order valence-corrected chi connectivity index (χ1v) is 7.23.